The zero-order valence-electron chi connectivity index (χ0n) is 24.5. The van der Waals surface area contributed by atoms with Gasteiger partial charge in [0.1, 0.15) is 0 Å². The van der Waals surface area contributed by atoms with Gasteiger partial charge in [-0.25, -0.2) is 0 Å². The predicted molar refractivity (Wildman–Crippen MR) is 167 cm³/mol. The molecule has 0 unspecified atom stereocenters. The largest absolute Gasteiger partial charge is 0.448 e. The van der Waals surface area contributed by atoms with Gasteiger partial charge in [0.25, 0.3) is 5.69 Å². The molecule has 3 aliphatic rings. The Morgan fingerprint density at radius 2 is 1.37 bits per heavy atom. The van der Waals surface area contributed by atoms with E-state index in [0.29, 0.717) is 57.9 Å². The van der Waals surface area contributed by atoms with Gasteiger partial charge in [0, 0.05) is 53.9 Å². The molecule has 12 heteroatoms. The van der Waals surface area contributed by atoms with Crippen LogP contribution in [0.25, 0.3) is 0 Å². The van der Waals surface area contributed by atoms with Gasteiger partial charge in [-0.05, 0) is 86.2 Å². The van der Waals surface area contributed by atoms with Crippen molar-refractivity contribution in [3.8, 4) is 11.5 Å². The Bertz CT molecular complexity index is 1600. The van der Waals surface area contributed by atoms with E-state index in [1.807, 2.05) is 6.92 Å². The Balaban J connectivity index is 1.66. The Morgan fingerprint density at radius 1 is 0.860 bits per heavy atom. The summed E-state index contributed by atoms with van der Waals surface area (Å²) in [6.07, 6.45) is 2.15. The Hall–Kier alpha value is -3.38. The lowest BCUT2D eigenvalue weighted by Crippen LogP contribution is -2.44. The van der Waals surface area contributed by atoms with E-state index in [-0.39, 0.29) is 33.9 Å². The van der Waals surface area contributed by atoms with Gasteiger partial charge >= 0.3 is 5.69 Å². The van der Waals surface area contributed by atoms with Crippen LogP contribution in [0.15, 0.2) is 61.8 Å². The molecule has 10 nitrogen and oxygen atoms in total. The minimum atomic E-state index is -0.742. The lowest BCUT2D eigenvalue weighted by atomic mass is 9.63. The van der Waals surface area contributed by atoms with Crippen LogP contribution in [-0.4, -0.2) is 32.9 Å². The van der Waals surface area contributed by atoms with Crippen LogP contribution in [0.1, 0.15) is 71.8 Å². The molecule has 0 atom stereocenters. The number of non-ortho nitro benzene ring substituents is 1. The van der Waals surface area contributed by atoms with E-state index in [2.05, 4.69) is 64.5 Å². The second kappa shape index (κ2) is 11.0. The monoisotopic (exact) mass is 715 g/mol. The van der Waals surface area contributed by atoms with E-state index in [4.69, 9.17) is 4.74 Å². The Kier molecular flexibility index (Phi) is 7.92. The summed E-state index contributed by atoms with van der Waals surface area (Å²) in [5.41, 5.74) is 2.49. The summed E-state index contributed by atoms with van der Waals surface area (Å²) in [6.45, 7) is 11.1. The molecule has 2 aliphatic carbocycles. The maximum absolute atomic E-state index is 13.9. The van der Waals surface area contributed by atoms with Crippen LogP contribution in [0.4, 0.5) is 11.4 Å². The third-order valence-electron chi connectivity index (χ3n) is 8.25. The summed E-state index contributed by atoms with van der Waals surface area (Å²) in [6, 6.07) is 6.72. The molecule has 0 saturated heterocycles. The number of hydrogen-bond donors (Lipinski definition) is 0. The maximum Gasteiger partial charge on any atom is 0.318 e. The van der Waals surface area contributed by atoms with Crippen molar-refractivity contribution in [1.82, 2.24) is 4.90 Å². The highest BCUT2D eigenvalue weighted by atomic mass is 79.9. The summed E-state index contributed by atoms with van der Waals surface area (Å²) in [7, 11) is 0. The fraction of sp³-hybridized carbons (Fsp3) is 0.419. The fourth-order valence-corrected chi connectivity index (χ4v) is 7.95. The molecule has 2 aromatic rings. The third-order valence-corrected chi connectivity index (χ3v) is 9.43. The summed E-state index contributed by atoms with van der Waals surface area (Å²) in [5, 5.41) is 22.9. The first kappa shape index (κ1) is 31.1. The molecule has 0 radical (unpaired) electrons. The summed E-state index contributed by atoms with van der Waals surface area (Å²) in [5.74, 6) is -0.496. The minimum Gasteiger partial charge on any atom is -0.448 e. The normalized spacial score (nSPS) is 19.7. The highest BCUT2D eigenvalue weighted by Gasteiger charge is 2.48. The van der Waals surface area contributed by atoms with Gasteiger partial charge in [-0.15, -0.1) is 0 Å². The van der Waals surface area contributed by atoms with Crippen LogP contribution in [0.3, 0.4) is 0 Å². The Labute approximate surface area is 265 Å². The van der Waals surface area contributed by atoms with Crippen LogP contribution >= 0.6 is 31.9 Å². The molecule has 0 amide bonds. The molecule has 0 fully saturated rings. The number of hydrogen-bond acceptors (Lipinski definition) is 8. The van der Waals surface area contributed by atoms with Crippen molar-refractivity contribution >= 4 is 54.8 Å². The van der Waals surface area contributed by atoms with Gasteiger partial charge in [-0.2, -0.15) is 0 Å². The highest BCUT2D eigenvalue weighted by molar-refractivity contribution is 9.11. The molecule has 5 rings (SSSR count). The van der Waals surface area contributed by atoms with Gasteiger partial charge in [-0.3, -0.25) is 29.8 Å². The van der Waals surface area contributed by atoms with Crippen LogP contribution in [-0.2, 0) is 9.59 Å². The quantitative estimate of drug-likeness (QED) is 0.215. The third kappa shape index (κ3) is 5.66. The number of rotatable bonds is 6. The topological polar surface area (TPSA) is 133 Å². The van der Waals surface area contributed by atoms with Gasteiger partial charge in [-0.1, -0.05) is 27.7 Å². The van der Waals surface area contributed by atoms with E-state index < -0.39 is 27.1 Å². The molecule has 1 heterocycles. The molecular weight excluding hydrogens is 686 g/mol. The number of allylic oxidation sites excluding steroid dienone is 4. The lowest BCUT2D eigenvalue weighted by molar-refractivity contribution is -0.394. The number of halogens is 2. The van der Waals surface area contributed by atoms with Gasteiger partial charge in [0.05, 0.1) is 24.9 Å². The predicted octanol–water partition coefficient (Wildman–Crippen LogP) is 8.53. The van der Waals surface area contributed by atoms with Crippen molar-refractivity contribution in [2.75, 3.05) is 6.54 Å². The molecule has 0 aromatic heterocycles. The number of nitro benzene ring substituents is 2. The zero-order valence-corrected chi connectivity index (χ0v) is 27.6. The SMILES string of the molecule is CCN1C2=C(C(=O)CC(C)(C)C2)C(c2cc(Br)c(Oc3ccc([N+](=O)[O-])cc3[N+](=O)[O-])c(Br)c2)C2=C1CC(C)(C)CC2=O. The second-order valence-corrected chi connectivity index (χ2v) is 14.6. The average molecular weight is 717 g/mol. The number of Topliss-reactive ketones (excluding diaryl/α,β-unsaturated/α-hetero) is 2. The van der Waals surface area contributed by atoms with Gasteiger partial charge < -0.3 is 9.64 Å². The number of carbonyl (C=O) groups excluding carboxylic acids is 2. The van der Waals surface area contributed by atoms with Crippen LogP contribution in [0, 0.1) is 31.1 Å². The van der Waals surface area contributed by atoms with Crippen molar-refractivity contribution in [1.29, 1.82) is 0 Å². The molecule has 0 saturated carbocycles. The molecule has 43 heavy (non-hydrogen) atoms. The number of benzene rings is 2. The van der Waals surface area contributed by atoms with Crippen molar-refractivity contribution < 1.29 is 24.2 Å². The smallest absolute Gasteiger partial charge is 0.318 e. The van der Waals surface area contributed by atoms with Crippen molar-refractivity contribution in [3.05, 3.63) is 87.6 Å². The van der Waals surface area contributed by atoms with Crippen molar-refractivity contribution in [3.63, 3.8) is 0 Å². The first-order valence-electron chi connectivity index (χ1n) is 13.9. The standard InChI is InChI=1S/C31H31Br2N3O7/c1-6-34-21-12-30(2,3)14-23(37)27(21)26(28-22(34)13-31(4,5)15-24(28)38)16-9-18(32)29(19(33)10-16)43-25-8-7-17(35(39)40)11-20(25)36(41)42/h7-11,26H,6,12-15H2,1-5H3. The number of nitro groups is 2. The average Bonchev–Trinajstić information content (AvgIpc) is 2.88. The van der Waals surface area contributed by atoms with Crippen LogP contribution < -0.4 is 4.74 Å². The summed E-state index contributed by atoms with van der Waals surface area (Å²) in [4.78, 5) is 51.3. The molecule has 1 aliphatic heterocycles. The first-order valence-corrected chi connectivity index (χ1v) is 15.5. The highest BCUT2D eigenvalue weighted by Crippen LogP contribution is 2.55. The second-order valence-electron chi connectivity index (χ2n) is 12.9. The van der Waals surface area contributed by atoms with Gasteiger partial charge in [0.2, 0.25) is 5.75 Å². The number of ketones is 2. The van der Waals surface area contributed by atoms with Crippen LogP contribution in [0.5, 0.6) is 11.5 Å². The summed E-state index contributed by atoms with van der Waals surface area (Å²) >= 11 is 7.09. The molecule has 2 aromatic carbocycles. The fourth-order valence-electron chi connectivity index (χ4n) is 6.56. The first-order chi connectivity index (χ1) is 20.0. The number of nitrogens with zero attached hydrogens (tertiary/aromatic N) is 3. The number of carbonyl (C=O) groups is 2. The lowest BCUT2D eigenvalue weighted by Gasteiger charge is -2.49. The van der Waals surface area contributed by atoms with Crippen molar-refractivity contribution in [2.24, 2.45) is 10.8 Å². The van der Waals surface area contributed by atoms with Gasteiger partial charge in [0.15, 0.2) is 17.3 Å². The summed E-state index contributed by atoms with van der Waals surface area (Å²) < 4.78 is 6.79. The molecule has 0 N–H and O–H groups in total. The minimum absolute atomic E-state index is 0.0213. The van der Waals surface area contributed by atoms with E-state index >= 15 is 0 Å². The van der Waals surface area contributed by atoms with E-state index in [0.717, 1.165) is 23.5 Å². The number of ether oxygens (including phenoxy) is 1. The van der Waals surface area contributed by atoms with E-state index in [1.54, 1.807) is 12.1 Å². The van der Waals surface area contributed by atoms with E-state index in [1.165, 1.54) is 6.07 Å². The molecule has 226 valence electrons. The molecule has 0 spiro atoms. The maximum atomic E-state index is 13.9. The molecule has 0 bridgehead atoms. The molecular formula is C31H31Br2N3O7. The zero-order chi connectivity index (χ0) is 31.6. The van der Waals surface area contributed by atoms with Crippen LogP contribution in [0.2, 0.25) is 0 Å². The van der Waals surface area contributed by atoms with Crippen molar-refractivity contribution in [2.45, 2.75) is 66.2 Å². The Morgan fingerprint density at radius 3 is 1.81 bits per heavy atom. The van der Waals surface area contributed by atoms with E-state index in [9.17, 15) is 29.8 Å².